The van der Waals surface area contributed by atoms with E-state index in [2.05, 4.69) is 12.2 Å². The molecule has 17 heavy (non-hydrogen) atoms. The van der Waals surface area contributed by atoms with Gasteiger partial charge >= 0.3 is 0 Å². The highest BCUT2D eigenvalue weighted by molar-refractivity contribution is 5.29. The van der Waals surface area contributed by atoms with Crippen molar-refractivity contribution in [1.29, 1.82) is 0 Å². The molecular weight excluding hydrogens is 216 g/mol. The van der Waals surface area contributed by atoms with Crippen molar-refractivity contribution in [3.63, 3.8) is 0 Å². The fourth-order valence-electron chi connectivity index (χ4n) is 1.59. The van der Waals surface area contributed by atoms with Gasteiger partial charge in [0.1, 0.15) is 5.75 Å². The van der Waals surface area contributed by atoms with Crippen LogP contribution < -0.4 is 15.8 Å². The van der Waals surface area contributed by atoms with Crippen molar-refractivity contribution in [3.8, 4) is 5.75 Å². The van der Waals surface area contributed by atoms with Crippen LogP contribution in [-0.4, -0.2) is 31.4 Å². The summed E-state index contributed by atoms with van der Waals surface area (Å²) in [4.78, 5) is 0. The number of hydrogen-bond donors (Lipinski definition) is 3. The third kappa shape index (κ3) is 4.73. The zero-order valence-corrected chi connectivity index (χ0v) is 10.4. The smallest absolute Gasteiger partial charge is 0.119 e. The van der Waals surface area contributed by atoms with E-state index >= 15 is 0 Å². The van der Waals surface area contributed by atoms with Crippen LogP contribution in [0.4, 0.5) is 0 Å². The molecule has 4 heteroatoms. The molecule has 0 spiro atoms. The van der Waals surface area contributed by atoms with Crippen molar-refractivity contribution < 1.29 is 9.84 Å². The maximum atomic E-state index is 8.78. The Labute approximate surface area is 103 Å². The van der Waals surface area contributed by atoms with Gasteiger partial charge in [-0.2, -0.15) is 0 Å². The first-order valence-corrected chi connectivity index (χ1v) is 6.08. The van der Waals surface area contributed by atoms with Crippen molar-refractivity contribution in [2.45, 2.75) is 19.4 Å². The van der Waals surface area contributed by atoms with Gasteiger partial charge in [-0.05, 0) is 24.1 Å². The zero-order valence-electron chi connectivity index (χ0n) is 10.4. The quantitative estimate of drug-likeness (QED) is 0.633. The summed E-state index contributed by atoms with van der Waals surface area (Å²) in [6, 6.07) is 8.00. The molecule has 1 rings (SSSR count). The topological polar surface area (TPSA) is 67.5 Å². The Hall–Kier alpha value is -1.10. The van der Waals surface area contributed by atoms with E-state index in [0.717, 1.165) is 24.3 Å². The highest BCUT2D eigenvalue weighted by Gasteiger charge is 2.08. The number of aliphatic hydroxyl groups excluding tert-OH is 1. The van der Waals surface area contributed by atoms with Gasteiger partial charge in [0.25, 0.3) is 0 Å². The molecule has 1 aromatic carbocycles. The maximum absolute atomic E-state index is 8.78. The molecule has 1 aromatic rings. The summed E-state index contributed by atoms with van der Waals surface area (Å²) in [6.07, 6.45) is 1.01. The van der Waals surface area contributed by atoms with Crippen LogP contribution in [0.3, 0.4) is 0 Å². The molecule has 0 saturated carbocycles. The van der Waals surface area contributed by atoms with Crippen molar-refractivity contribution in [1.82, 2.24) is 5.32 Å². The zero-order chi connectivity index (χ0) is 12.5. The third-order valence-corrected chi connectivity index (χ3v) is 2.49. The first-order valence-electron chi connectivity index (χ1n) is 6.08. The molecular formula is C13H22N2O2. The summed E-state index contributed by atoms with van der Waals surface area (Å²) in [5.74, 6) is 0.883. The minimum Gasteiger partial charge on any atom is -0.494 e. The van der Waals surface area contributed by atoms with Crippen molar-refractivity contribution in [2.24, 2.45) is 5.73 Å². The molecule has 0 amide bonds. The van der Waals surface area contributed by atoms with Gasteiger partial charge < -0.3 is 20.9 Å². The Kier molecular flexibility index (Phi) is 6.62. The molecule has 0 aliphatic carbocycles. The van der Waals surface area contributed by atoms with Crippen LogP contribution in [0.2, 0.25) is 0 Å². The summed E-state index contributed by atoms with van der Waals surface area (Å²) in [5, 5.41) is 12.0. The van der Waals surface area contributed by atoms with E-state index in [1.807, 2.05) is 24.3 Å². The average molecular weight is 238 g/mol. The van der Waals surface area contributed by atoms with E-state index in [4.69, 9.17) is 15.6 Å². The Morgan fingerprint density at radius 3 is 2.59 bits per heavy atom. The minimum atomic E-state index is 0.0855. The van der Waals surface area contributed by atoms with E-state index in [9.17, 15) is 0 Å². The molecule has 0 aliphatic heterocycles. The van der Waals surface area contributed by atoms with Gasteiger partial charge in [0, 0.05) is 19.1 Å². The Bertz CT molecular complexity index is 301. The van der Waals surface area contributed by atoms with Crippen LogP contribution >= 0.6 is 0 Å². The van der Waals surface area contributed by atoms with Crippen molar-refractivity contribution >= 4 is 0 Å². The van der Waals surface area contributed by atoms with Crippen LogP contribution in [0.25, 0.3) is 0 Å². The third-order valence-electron chi connectivity index (χ3n) is 2.49. The Morgan fingerprint density at radius 1 is 1.35 bits per heavy atom. The Balaban J connectivity index is 2.57. The van der Waals surface area contributed by atoms with Gasteiger partial charge in [0.15, 0.2) is 0 Å². The monoisotopic (exact) mass is 238 g/mol. The molecule has 0 aliphatic rings. The van der Waals surface area contributed by atoms with Crippen molar-refractivity contribution in [2.75, 3.05) is 26.3 Å². The lowest BCUT2D eigenvalue weighted by Gasteiger charge is -2.17. The lowest BCUT2D eigenvalue weighted by Crippen LogP contribution is -2.30. The molecule has 0 radical (unpaired) electrons. The fourth-order valence-corrected chi connectivity index (χ4v) is 1.59. The predicted octanol–water partition coefficient (Wildman–Crippen LogP) is 1.06. The number of nitrogens with one attached hydrogen (secondary N) is 1. The fraction of sp³-hybridized carbons (Fsp3) is 0.538. The molecule has 0 aromatic heterocycles. The second-order valence-electron chi connectivity index (χ2n) is 3.88. The number of rotatable bonds is 8. The molecule has 0 fully saturated rings. The van der Waals surface area contributed by atoms with Crippen LogP contribution in [-0.2, 0) is 0 Å². The first kappa shape index (κ1) is 14.0. The summed E-state index contributed by atoms with van der Waals surface area (Å²) in [6.45, 7) is 4.00. The first-order chi connectivity index (χ1) is 8.31. The molecule has 1 atom stereocenters. The van der Waals surface area contributed by atoms with E-state index in [1.165, 1.54) is 0 Å². The van der Waals surface area contributed by atoms with Crippen molar-refractivity contribution in [3.05, 3.63) is 29.8 Å². The molecule has 96 valence electrons. The van der Waals surface area contributed by atoms with E-state index in [0.29, 0.717) is 13.1 Å². The molecule has 4 nitrogen and oxygen atoms in total. The number of benzene rings is 1. The van der Waals surface area contributed by atoms with E-state index in [-0.39, 0.29) is 12.6 Å². The van der Waals surface area contributed by atoms with Gasteiger partial charge in [0.05, 0.1) is 13.2 Å². The highest BCUT2D eigenvalue weighted by atomic mass is 16.5. The molecule has 0 saturated heterocycles. The summed E-state index contributed by atoms with van der Waals surface area (Å²) >= 11 is 0. The normalized spacial score (nSPS) is 12.4. The predicted molar refractivity (Wildman–Crippen MR) is 69.1 cm³/mol. The number of ether oxygens (including phenoxy) is 1. The van der Waals surface area contributed by atoms with Gasteiger partial charge in [-0.25, -0.2) is 0 Å². The summed E-state index contributed by atoms with van der Waals surface area (Å²) < 4.78 is 5.51. The van der Waals surface area contributed by atoms with Crippen LogP contribution in [0.5, 0.6) is 5.75 Å². The van der Waals surface area contributed by atoms with Crippen LogP contribution in [0, 0.1) is 0 Å². The summed E-state index contributed by atoms with van der Waals surface area (Å²) in [5.41, 5.74) is 6.80. The number of aliphatic hydroxyl groups is 1. The van der Waals surface area contributed by atoms with E-state index < -0.39 is 0 Å². The van der Waals surface area contributed by atoms with Gasteiger partial charge in [-0.1, -0.05) is 19.1 Å². The van der Waals surface area contributed by atoms with Crippen LogP contribution in [0.15, 0.2) is 24.3 Å². The highest BCUT2D eigenvalue weighted by Crippen LogP contribution is 2.17. The molecule has 4 N–H and O–H groups in total. The number of nitrogens with two attached hydrogens (primary N) is 1. The largest absolute Gasteiger partial charge is 0.494 e. The lowest BCUT2D eigenvalue weighted by molar-refractivity contribution is 0.285. The number of hydrogen-bond acceptors (Lipinski definition) is 4. The van der Waals surface area contributed by atoms with Crippen LogP contribution in [0.1, 0.15) is 24.9 Å². The molecule has 0 heterocycles. The standard InChI is InChI=1S/C13H22N2O2/c1-2-9-17-12-5-3-11(4-6-12)13(10-14)15-7-8-16/h3-6,13,15-16H,2,7-10,14H2,1H3. The molecule has 1 unspecified atom stereocenters. The lowest BCUT2D eigenvalue weighted by atomic mass is 10.1. The molecule has 0 bridgehead atoms. The van der Waals surface area contributed by atoms with E-state index in [1.54, 1.807) is 0 Å². The Morgan fingerprint density at radius 2 is 2.06 bits per heavy atom. The van der Waals surface area contributed by atoms with Gasteiger partial charge in [0.2, 0.25) is 0 Å². The average Bonchev–Trinajstić information content (AvgIpc) is 2.38. The minimum absolute atomic E-state index is 0.0855. The van der Waals surface area contributed by atoms with Gasteiger partial charge in [-0.15, -0.1) is 0 Å². The second-order valence-corrected chi connectivity index (χ2v) is 3.88. The van der Waals surface area contributed by atoms with Gasteiger partial charge in [-0.3, -0.25) is 0 Å². The summed E-state index contributed by atoms with van der Waals surface area (Å²) in [7, 11) is 0. The second kappa shape index (κ2) is 8.06. The SMILES string of the molecule is CCCOc1ccc(C(CN)NCCO)cc1. The maximum Gasteiger partial charge on any atom is 0.119 e.